The predicted octanol–water partition coefficient (Wildman–Crippen LogP) is 2.45. The lowest BCUT2D eigenvalue weighted by molar-refractivity contribution is 0.767. The van der Waals surface area contributed by atoms with Crippen LogP contribution in [-0.4, -0.2) is 9.97 Å². The molecule has 0 radical (unpaired) electrons. The standard InChI is InChI=1S/C14H15N3/c1-9-7-11(8-17-14(9)15)12-5-4-10-3-2-6-16-13(10)12/h2-3,6-8,12H,4-5H2,1H3,(H2,15,17). The van der Waals surface area contributed by atoms with Crippen LogP contribution in [0.4, 0.5) is 5.82 Å². The van der Waals surface area contributed by atoms with E-state index in [0.717, 1.165) is 18.4 Å². The van der Waals surface area contributed by atoms with Gasteiger partial charge in [0.05, 0.1) is 5.69 Å². The maximum absolute atomic E-state index is 5.76. The number of aromatic nitrogens is 2. The summed E-state index contributed by atoms with van der Waals surface area (Å²) in [7, 11) is 0. The number of rotatable bonds is 1. The summed E-state index contributed by atoms with van der Waals surface area (Å²) in [5, 5.41) is 0. The van der Waals surface area contributed by atoms with Crippen molar-refractivity contribution >= 4 is 5.82 Å². The molecule has 86 valence electrons. The second kappa shape index (κ2) is 3.84. The second-order valence-corrected chi connectivity index (χ2v) is 4.61. The van der Waals surface area contributed by atoms with Crippen molar-refractivity contribution in [2.75, 3.05) is 5.73 Å². The molecule has 0 saturated carbocycles. The zero-order valence-corrected chi connectivity index (χ0v) is 9.85. The molecule has 1 atom stereocenters. The Balaban J connectivity index is 2.04. The van der Waals surface area contributed by atoms with E-state index in [0.29, 0.717) is 11.7 Å². The van der Waals surface area contributed by atoms with Crippen molar-refractivity contribution in [3.05, 3.63) is 53.0 Å². The van der Waals surface area contributed by atoms with Crippen molar-refractivity contribution < 1.29 is 0 Å². The molecule has 2 heterocycles. The summed E-state index contributed by atoms with van der Waals surface area (Å²) in [4.78, 5) is 8.76. The van der Waals surface area contributed by atoms with Crippen LogP contribution < -0.4 is 5.73 Å². The van der Waals surface area contributed by atoms with Gasteiger partial charge in [-0.3, -0.25) is 4.98 Å². The number of aryl methyl sites for hydroxylation is 2. The fourth-order valence-electron chi connectivity index (χ4n) is 2.53. The quantitative estimate of drug-likeness (QED) is 0.811. The SMILES string of the molecule is Cc1cc(C2CCc3cccnc32)cnc1N. The molecule has 2 N–H and O–H groups in total. The van der Waals surface area contributed by atoms with E-state index in [1.165, 1.54) is 16.8 Å². The zero-order chi connectivity index (χ0) is 11.8. The summed E-state index contributed by atoms with van der Waals surface area (Å²) in [5.74, 6) is 1.01. The molecule has 3 heteroatoms. The first-order valence-corrected chi connectivity index (χ1v) is 5.91. The first-order chi connectivity index (χ1) is 8.25. The van der Waals surface area contributed by atoms with Crippen LogP contribution in [0.15, 0.2) is 30.6 Å². The summed E-state index contributed by atoms with van der Waals surface area (Å²) in [6, 6.07) is 6.31. The number of nitrogens with two attached hydrogens (primary N) is 1. The Bertz CT molecular complexity index is 563. The zero-order valence-electron chi connectivity index (χ0n) is 9.85. The minimum atomic E-state index is 0.387. The van der Waals surface area contributed by atoms with E-state index in [1.807, 2.05) is 25.4 Å². The van der Waals surface area contributed by atoms with Gasteiger partial charge in [-0.25, -0.2) is 4.98 Å². The maximum Gasteiger partial charge on any atom is 0.126 e. The first-order valence-electron chi connectivity index (χ1n) is 5.91. The van der Waals surface area contributed by atoms with E-state index >= 15 is 0 Å². The van der Waals surface area contributed by atoms with Crippen molar-refractivity contribution in [1.29, 1.82) is 0 Å². The molecule has 3 rings (SSSR count). The minimum Gasteiger partial charge on any atom is -0.383 e. The molecule has 1 aliphatic rings. The molecule has 0 saturated heterocycles. The molecule has 2 aromatic rings. The number of nitrogens with zero attached hydrogens (tertiary/aromatic N) is 2. The van der Waals surface area contributed by atoms with Crippen molar-refractivity contribution in [2.45, 2.75) is 25.7 Å². The Kier molecular flexibility index (Phi) is 2.32. The normalized spacial score (nSPS) is 18.1. The molecule has 0 amide bonds. The molecule has 2 aromatic heterocycles. The molecule has 17 heavy (non-hydrogen) atoms. The lowest BCUT2D eigenvalue weighted by Crippen LogP contribution is -2.02. The third-order valence-corrected chi connectivity index (χ3v) is 3.50. The van der Waals surface area contributed by atoms with E-state index in [2.05, 4.69) is 22.1 Å². The van der Waals surface area contributed by atoms with Crippen LogP contribution >= 0.6 is 0 Å². The highest BCUT2D eigenvalue weighted by atomic mass is 14.8. The van der Waals surface area contributed by atoms with Crippen LogP contribution in [0.3, 0.4) is 0 Å². The molecule has 0 fully saturated rings. The highest BCUT2D eigenvalue weighted by Gasteiger charge is 2.25. The molecular weight excluding hydrogens is 210 g/mol. The number of fused-ring (bicyclic) bond motifs is 1. The largest absolute Gasteiger partial charge is 0.383 e. The average molecular weight is 225 g/mol. The number of pyridine rings is 2. The highest BCUT2D eigenvalue weighted by molar-refractivity contribution is 5.44. The van der Waals surface area contributed by atoms with Crippen molar-refractivity contribution in [1.82, 2.24) is 9.97 Å². The van der Waals surface area contributed by atoms with Gasteiger partial charge in [0.25, 0.3) is 0 Å². The Morgan fingerprint density at radius 2 is 2.24 bits per heavy atom. The van der Waals surface area contributed by atoms with Gasteiger partial charge in [0.1, 0.15) is 5.82 Å². The van der Waals surface area contributed by atoms with Crippen molar-refractivity contribution in [3.63, 3.8) is 0 Å². The van der Waals surface area contributed by atoms with E-state index in [9.17, 15) is 0 Å². The van der Waals surface area contributed by atoms with Crippen LogP contribution in [0.25, 0.3) is 0 Å². The smallest absolute Gasteiger partial charge is 0.126 e. The predicted molar refractivity (Wildman–Crippen MR) is 67.8 cm³/mol. The van der Waals surface area contributed by atoms with Gasteiger partial charge in [0.2, 0.25) is 0 Å². The van der Waals surface area contributed by atoms with Crippen molar-refractivity contribution in [2.24, 2.45) is 0 Å². The summed E-state index contributed by atoms with van der Waals surface area (Å²) in [6.07, 6.45) is 5.99. The molecule has 1 unspecified atom stereocenters. The summed E-state index contributed by atoms with van der Waals surface area (Å²) >= 11 is 0. The van der Waals surface area contributed by atoms with Gasteiger partial charge in [0.15, 0.2) is 0 Å². The molecule has 1 aliphatic carbocycles. The highest BCUT2D eigenvalue weighted by Crippen LogP contribution is 2.36. The van der Waals surface area contributed by atoms with Crippen LogP contribution in [0.2, 0.25) is 0 Å². The molecule has 0 spiro atoms. The topological polar surface area (TPSA) is 51.8 Å². The van der Waals surface area contributed by atoms with E-state index in [1.54, 1.807) is 0 Å². The minimum absolute atomic E-state index is 0.387. The van der Waals surface area contributed by atoms with Crippen LogP contribution in [0, 0.1) is 6.92 Å². The van der Waals surface area contributed by atoms with Crippen molar-refractivity contribution in [3.8, 4) is 0 Å². The lowest BCUT2D eigenvalue weighted by Gasteiger charge is -2.12. The van der Waals surface area contributed by atoms with E-state index in [4.69, 9.17) is 5.73 Å². The number of hydrogen-bond donors (Lipinski definition) is 1. The fourth-order valence-corrected chi connectivity index (χ4v) is 2.53. The lowest BCUT2D eigenvalue weighted by atomic mass is 9.97. The van der Waals surface area contributed by atoms with Gasteiger partial charge >= 0.3 is 0 Å². The summed E-state index contributed by atoms with van der Waals surface area (Å²) < 4.78 is 0. The van der Waals surface area contributed by atoms with Gasteiger partial charge < -0.3 is 5.73 Å². The molecule has 3 nitrogen and oxygen atoms in total. The maximum atomic E-state index is 5.76. The van der Waals surface area contributed by atoms with E-state index < -0.39 is 0 Å². The Labute approximate surface area is 101 Å². The summed E-state index contributed by atoms with van der Waals surface area (Å²) in [5.41, 5.74) is 10.6. The van der Waals surface area contributed by atoms with E-state index in [-0.39, 0.29) is 0 Å². The van der Waals surface area contributed by atoms with Gasteiger partial charge in [-0.05, 0) is 42.5 Å². The average Bonchev–Trinajstić information content (AvgIpc) is 2.76. The van der Waals surface area contributed by atoms with Crippen LogP contribution in [0.1, 0.15) is 34.7 Å². The molecule has 0 aromatic carbocycles. The third kappa shape index (κ3) is 1.68. The molecular formula is C14H15N3. The number of hydrogen-bond acceptors (Lipinski definition) is 3. The Morgan fingerprint density at radius 3 is 3.06 bits per heavy atom. The number of nitrogen functional groups attached to an aromatic ring is 1. The third-order valence-electron chi connectivity index (χ3n) is 3.50. The molecule has 0 aliphatic heterocycles. The summed E-state index contributed by atoms with van der Waals surface area (Å²) in [6.45, 7) is 2.00. The van der Waals surface area contributed by atoms with Gasteiger partial charge in [-0.2, -0.15) is 0 Å². The van der Waals surface area contributed by atoms with Gasteiger partial charge in [-0.1, -0.05) is 12.1 Å². The number of anilines is 1. The van der Waals surface area contributed by atoms with Gasteiger partial charge in [-0.15, -0.1) is 0 Å². The fraction of sp³-hybridized carbons (Fsp3) is 0.286. The molecule has 0 bridgehead atoms. The van der Waals surface area contributed by atoms with Gasteiger partial charge in [0, 0.05) is 18.3 Å². The second-order valence-electron chi connectivity index (χ2n) is 4.61. The monoisotopic (exact) mass is 225 g/mol. The Hall–Kier alpha value is -1.90. The van der Waals surface area contributed by atoms with Crippen LogP contribution in [0.5, 0.6) is 0 Å². The first kappa shape index (κ1) is 10.3. The van der Waals surface area contributed by atoms with Crippen LogP contribution in [-0.2, 0) is 6.42 Å². The Morgan fingerprint density at radius 1 is 1.35 bits per heavy atom.